The first-order valence-electron chi connectivity index (χ1n) is 7.18. The summed E-state index contributed by atoms with van der Waals surface area (Å²) in [7, 11) is 0. The monoisotopic (exact) mass is 341 g/mol. The van der Waals surface area contributed by atoms with Gasteiger partial charge in [-0.15, -0.1) is 13.2 Å². The van der Waals surface area contributed by atoms with E-state index in [-0.39, 0.29) is 29.6 Å². The number of nitrogens with zero attached hydrogens (tertiary/aromatic N) is 1. The van der Waals surface area contributed by atoms with Crippen LogP contribution in [-0.2, 0) is 6.54 Å². The Balaban J connectivity index is 2.09. The van der Waals surface area contributed by atoms with Crippen LogP contribution >= 0.6 is 0 Å². The van der Waals surface area contributed by atoms with E-state index >= 15 is 0 Å². The lowest BCUT2D eigenvalue weighted by molar-refractivity contribution is -0.274. The lowest BCUT2D eigenvalue weighted by Gasteiger charge is -2.21. The summed E-state index contributed by atoms with van der Waals surface area (Å²) in [5, 5.41) is 0. The maximum atomic E-state index is 12.9. The van der Waals surface area contributed by atoms with Gasteiger partial charge >= 0.3 is 6.36 Å². The lowest BCUT2D eigenvalue weighted by atomic mass is 10.1. The van der Waals surface area contributed by atoms with Crippen molar-refractivity contribution in [2.75, 3.05) is 6.54 Å². The minimum absolute atomic E-state index is 0.244. The summed E-state index contributed by atoms with van der Waals surface area (Å²) in [5.74, 6) is -1.09. The highest BCUT2D eigenvalue weighted by Crippen LogP contribution is 2.23. The summed E-state index contributed by atoms with van der Waals surface area (Å²) in [6.07, 6.45) is -4.77. The fourth-order valence-electron chi connectivity index (χ4n) is 2.12. The molecule has 0 spiro atoms. The maximum absolute atomic E-state index is 12.9. The summed E-state index contributed by atoms with van der Waals surface area (Å²) in [6, 6.07) is 10.5. The van der Waals surface area contributed by atoms with Gasteiger partial charge in [-0.1, -0.05) is 12.1 Å². The van der Waals surface area contributed by atoms with E-state index in [1.54, 1.807) is 19.1 Å². The Kier molecular flexibility index (Phi) is 5.43. The van der Waals surface area contributed by atoms with Crippen LogP contribution in [0, 0.1) is 5.82 Å². The molecule has 0 N–H and O–H groups in total. The first-order valence-corrected chi connectivity index (χ1v) is 7.18. The molecule has 24 heavy (non-hydrogen) atoms. The van der Waals surface area contributed by atoms with Crippen LogP contribution < -0.4 is 4.74 Å². The average Bonchev–Trinajstić information content (AvgIpc) is 2.53. The first kappa shape index (κ1) is 17.8. The van der Waals surface area contributed by atoms with Gasteiger partial charge in [-0.25, -0.2) is 4.39 Å². The second-order valence-electron chi connectivity index (χ2n) is 5.02. The molecule has 0 aliphatic rings. The third-order valence-electron chi connectivity index (χ3n) is 3.29. The molecule has 128 valence electrons. The molecule has 2 aromatic carbocycles. The lowest BCUT2D eigenvalue weighted by Crippen LogP contribution is -2.30. The van der Waals surface area contributed by atoms with Crippen molar-refractivity contribution in [1.82, 2.24) is 4.90 Å². The molecule has 0 saturated carbocycles. The zero-order valence-electron chi connectivity index (χ0n) is 12.8. The Labute approximate surface area is 136 Å². The molecule has 3 nitrogen and oxygen atoms in total. The van der Waals surface area contributed by atoms with E-state index in [2.05, 4.69) is 4.74 Å². The predicted octanol–water partition coefficient (Wildman–Crippen LogP) is 4.39. The number of rotatable bonds is 5. The van der Waals surface area contributed by atoms with E-state index in [0.717, 1.165) is 17.7 Å². The Morgan fingerprint density at radius 3 is 2.12 bits per heavy atom. The van der Waals surface area contributed by atoms with Gasteiger partial charge in [-0.3, -0.25) is 4.79 Å². The molecule has 0 aliphatic heterocycles. The van der Waals surface area contributed by atoms with Gasteiger partial charge in [0.1, 0.15) is 11.6 Å². The molecule has 2 aromatic rings. The summed E-state index contributed by atoms with van der Waals surface area (Å²) >= 11 is 0. The summed E-state index contributed by atoms with van der Waals surface area (Å²) in [5.41, 5.74) is 0.997. The van der Waals surface area contributed by atoms with Crippen LogP contribution in [0.25, 0.3) is 0 Å². The largest absolute Gasteiger partial charge is 0.573 e. The molecule has 0 atom stereocenters. The second kappa shape index (κ2) is 7.33. The number of carbonyl (C=O) groups is 1. The number of amides is 1. The SMILES string of the molecule is CCN(Cc1ccc(F)cc1)C(=O)c1ccc(OC(F)(F)F)cc1. The molecule has 2 rings (SSSR count). The number of alkyl halides is 3. The zero-order valence-corrected chi connectivity index (χ0v) is 12.8. The van der Waals surface area contributed by atoms with Crippen LogP contribution in [0.4, 0.5) is 17.6 Å². The van der Waals surface area contributed by atoms with Gasteiger partial charge < -0.3 is 9.64 Å². The standard InChI is InChI=1S/C17H15F4NO2/c1-2-22(11-12-3-7-14(18)8-4-12)16(23)13-5-9-15(10-6-13)24-17(19,20)21/h3-10H,2,11H2,1H3. The van der Waals surface area contributed by atoms with Crippen molar-refractivity contribution in [3.63, 3.8) is 0 Å². The van der Waals surface area contributed by atoms with Crippen molar-refractivity contribution in [3.05, 3.63) is 65.5 Å². The number of ether oxygens (including phenoxy) is 1. The van der Waals surface area contributed by atoms with E-state index in [1.165, 1.54) is 29.2 Å². The molecule has 0 unspecified atom stereocenters. The smallest absolute Gasteiger partial charge is 0.406 e. The van der Waals surface area contributed by atoms with Gasteiger partial charge in [0, 0.05) is 18.7 Å². The molecule has 0 bridgehead atoms. The van der Waals surface area contributed by atoms with Crippen molar-refractivity contribution in [3.8, 4) is 5.75 Å². The first-order chi connectivity index (χ1) is 11.3. The molecule has 0 radical (unpaired) electrons. The Bertz CT molecular complexity index is 681. The van der Waals surface area contributed by atoms with Gasteiger partial charge in [-0.2, -0.15) is 0 Å². The molecule has 0 saturated heterocycles. The van der Waals surface area contributed by atoms with Crippen molar-refractivity contribution in [1.29, 1.82) is 0 Å². The highest BCUT2D eigenvalue weighted by Gasteiger charge is 2.31. The number of carbonyl (C=O) groups excluding carboxylic acids is 1. The van der Waals surface area contributed by atoms with Gasteiger partial charge in [0.05, 0.1) is 0 Å². The minimum Gasteiger partial charge on any atom is -0.406 e. The molecule has 0 aliphatic carbocycles. The van der Waals surface area contributed by atoms with Gasteiger partial charge in [0.25, 0.3) is 5.91 Å². The molecule has 0 heterocycles. The molecular formula is C17H15F4NO2. The second-order valence-corrected chi connectivity index (χ2v) is 5.02. The Morgan fingerprint density at radius 2 is 1.62 bits per heavy atom. The molecule has 0 aromatic heterocycles. The van der Waals surface area contributed by atoms with Crippen molar-refractivity contribution < 1.29 is 27.1 Å². The van der Waals surface area contributed by atoms with Gasteiger partial charge in [-0.05, 0) is 48.9 Å². The number of hydrogen-bond acceptors (Lipinski definition) is 2. The maximum Gasteiger partial charge on any atom is 0.573 e. The molecule has 0 fully saturated rings. The van der Waals surface area contributed by atoms with E-state index in [4.69, 9.17) is 0 Å². The number of benzene rings is 2. The third kappa shape index (κ3) is 4.97. The number of hydrogen-bond donors (Lipinski definition) is 0. The van der Waals surface area contributed by atoms with Crippen LogP contribution in [0.1, 0.15) is 22.8 Å². The highest BCUT2D eigenvalue weighted by atomic mass is 19.4. The van der Waals surface area contributed by atoms with E-state index in [1.807, 2.05) is 0 Å². The van der Waals surface area contributed by atoms with Crippen LogP contribution in [0.3, 0.4) is 0 Å². The van der Waals surface area contributed by atoms with Crippen molar-refractivity contribution in [2.45, 2.75) is 19.8 Å². The average molecular weight is 341 g/mol. The summed E-state index contributed by atoms with van der Waals surface area (Å²) in [6.45, 7) is 2.45. The minimum atomic E-state index is -4.77. The normalized spacial score (nSPS) is 11.2. The molecule has 7 heteroatoms. The Hall–Kier alpha value is -2.57. The number of halogens is 4. The van der Waals surface area contributed by atoms with Gasteiger partial charge in [0.15, 0.2) is 0 Å². The molecule has 1 amide bonds. The van der Waals surface area contributed by atoms with E-state index in [9.17, 15) is 22.4 Å². The highest BCUT2D eigenvalue weighted by molar-refractivity contribution is 5.94. The predicted molar refractivity (Wildman–Crippen MR) is 79.9 cm³/mol. The van der Waals surface area contributed by atoms with Crippen LogP contribution in [-0.4, -0.2) is 23.7 Å². The van der Waals surface area contributed by atoms with E-state index < -0.39 is 6.36 Å². The fourth-order valence-corrected chi connectivity index (χ4v) is 2.12. The zero-order chi connectivity index (χ0) is 17.7. The quantitative estimate of drug-likeness (QED) is 0.755. The van der Waals surface area contributed by atoms with Crippen molar-refractivity contribution >= 4 is 5.91 Å². The van der Waals surface area contributed by atoms with E-state index in [0.29, 0.717) is 6.54 Å². The Morgan fingerprint density at radius 1 is 1.04 bits per heavy atom. The molecular weight excluding hydrogens is 326 g/mol. The fraction of sp³-hybridized carbons (Fsp3) is 0.235. The topological polar surface area (TPSA) is 29.5 Å². The third-order valence-corrected chi connectivity index (χ3v) is 3.29. The van der Waals surface area contributed by atoms with Crippen LogP contribution in [0.5, 0.6) is 5.75 Å². The van der Waals surface area contributed by atoms with Crippen LogP contribution in [0.2, 0.25) is 0 Å². The van der Waals surface area contributed by atoms with Crippen molar-refractivity contribution in [2.24, 2.45) is 0 Å². The summed E-state index contributed by atoms with van der Waals surface area (Å²) in [4.78, 5) is 13.9. The van der Waals surface area contributed by atoms with Gasteiger partial charge in [0.2, 0.25) is 0 Å². The summed E-state index contributed by atoms with van der Waals surface area (Å²) < 4.78 is 53.1. The van der Waals surface area contributed by atoms with Crippen LogP contribution in [0.15, 0.2) is 48.5 Å².